The van der Waals surface area contributed by atoms with Crippen molar-refractivity contribution >= 4 is 17.1 Å². The lowest BCUT2D eigenvalue weighted by molar-refractivity contribution is 0.584. The summed E-state index contributed by atoms with van der Waals surface area (Å²) in [5.41, 5.74) is 19.6. The van der Waals surface area contributed by atoms with Crippen molar-refractivity contribution in [3.63, 3.8) is 0 Å². The number of hydrogen-bond donors (Lipinski definition) is 0. The van der Waals surface area contributed by atoms with Crippen molar-refractivity contribution in [3.8, 4) is 33.4 Å². The molecule has 0 amide bonds. The summed E-state index contributed by atoms with van der Waals surface area (Å²) in [6.07, 6.45) is 0. The molecule has 256 valence electrons. The molecule has 1 heteroatoms. The Labute approximate surface area is 306 Å². The van der Waals surface area contributed by atoms with Gasteiger partial charge in [0.15, 0.2) is 0 Å². The van der Waals surface area contributed by atoms with Crippen LogP contribution in [0.4, 0.5) is 17.1 Å². The van der Waals surface area contributed by atoms with Gasteiger partial charge in [-0.05, 0) is 108 Å². The van der Waals surface area contributed by atoms with Gasteiger partial charge in [0.2, 0.25) is 0 Å². The molecular weight excluding hydrogens is 615 g/mol. The average molecular weight is 666 g/mol. The Balaban J connectivity index is 1.37. The second kappa shape index (κ2) is 11.3. The normalized spacial score (nSPS) is 15.2. The number of anilines is 3. The third-order valence-corrected chi connectivity index (χ3v) is 11.8. The first-order valence-corrected chi connectivity index (χ1v) is 18.6. The Kier molecular flexibility index (Phi) is 7.38. The van der Waals surface area contributed by atoms with Crippen LogP contribution < -0.4 is 4.90 Å². The van der Waals surface area contributed by atoms with Crippen LogP contribution in [0.2, 0.25) is 0 Å². The molecule has 2 aliphatic carbocycles. The predicted molar refractivity (Wildman–Crippen MR) is 219 cm³/mol. The Bertz CT molecular complexity index is 2320. The van der Waals surface area contributed by atoms with Gasteiger partial charge in [-0.1, -0.05) is 160 Å². The molecule has 0 unspecified atom stereocenters. The van der Waals surface area contributed by atoms with Crippen LogP contribution in [-0.4, -0.2) is 0 Å². The van der Waals surface area contributed by atoms with Gasteiger partial charge in [-0.15, -0.1) is 0 Å². The highest BCUT2D eigenvalue weighted by atomic mass is 15.1. The standard InChI is InChI=1S/C50H51N/c1-47(2,3)33-21-27-46(41(28-33)32-16-12-11-13-17-32)51(35-22-25-39-37-18-14-15-19-42(37)49(7,8)44(39)30-35)36-23-26-40-38-24-20-34(48(4,5)6)29-43(38)50(9,10)45(40)31-36/h11-31H,1-10H3. The zero-order valence-electron chi connectivity index (χ0n) is 32.1. The molecule has 0 aliphatic heterocycles. The van der Waals surface area contributed by atoms with Crippen LogP contribution >= 0.6 is 0 Å². The van der Waals surface area contributed by atoms with Crippen LogP contribution in [0.15, 0.2) is 127 Å². The lowest BCUT2D eigenvalue weighted by atomic mass is 9.79. The zero-order valence-corrected chi connectivity index (χ0v) is 32.1. The lowest BCUT2D eigenvalue weighted by Crippen LogP contribution is -2.19. The van der Waals surface area contributed by atoms with E-state index in [9.17, 15) is 0 Å². The van der Waals surface area contributed by atoms with Crippen LogP contribution in [-0.2, 0) is 21.7 Å². The molecular formula is C50H51N. The summed E-state index contributed by atoms with van der Waals surface area (Å²) in [6.45, 7) is 23.4. The van der Waals surface area contributed by atoms with E-state index in [1.54, 1.807) is 0 Å². The molecule has 2 aliphatic rings. The Morgan fingerprint density at radius 1 is 0.392 bits per heavy atom. The predicted octanol–water partition coefficient (Wildman–Crippen LogP) is 14.0. The summed E-state index contributed by atoms with van der Waals surface area (Å²) in [5.74, 6) is 0. The van der Waals surface area contributed by atoms with Gasteiger partial charge in [0, 0.05) is 27.8 Å². The van der Waals surface area contributed by atoms with Crippen molar-refractivity contribution in [2.75, 3.05) is 4.90 Å². The van der Waals surface area contributed by atoms with Crippen molar-refractivity contribution in [3.05, 3.63) is 161 Å². The first-order chi connectivity index (χ1) is 24.1. The van der Waals surface area contributed by atoms with Gasteiger partial charge in [-0.3, -0.25) is 0 Å². The summed E-state index contributed by atoms with van der Waals surface area (Å²) in [6, 6.07) is 48.5. The molecule has 6 aromatic rings. The first-order valence-electron chi connectivity index (χ1n) is 18.6. The quantitative estimate of drug-likeness (QED) is 0.181. The molecule has 1 nitrogen and oxygen atoms in total. The number of nitrogens with zero attached hydrogens (tertiary/aromatic N) is 1. The van der Waals surface area contributed by atoms with E-state index in [2.05, 4.69) is 202 Å². The van der Waals surface area contributed by atoms with Gasteiger partial charge < -0.3 is 4.90 Å². The SMILES string of the molecule is CC(C)(C)c1ccc(N(c2ccc3c(c2)C(C)(C)c2ccccc2-3)c2ccc3c(c2)C(C)(C)c2cc(C(C)(C)C)ccc2-3)c(-c2ccccc2)c1. The largest absolute Gasteiger partial charge is 0.310 e. The molecule has 0 heterocycles. The van der Waals surface area contributed by atoms with Crippen LogP contribution in [0, 0.1) is 0 Å². The molecule has 0 saturated carbocycles. The van der Waals surface area contributed by atoms with Gasteiger partial charge in [-0.25, -0.2) is 0 Å². The summed E-state index contributed by atoms with van der Waals surface area (Å²) in [7, 11) is 0. The van der Waals surface area contributed by atoms with Gasteiger partial charge in [0.25, 0.3) is 0 Å². The lowest BCUT2D eigenvalue weighted by Gasteiger charge is -2.32. The number of rotatable bonds is 4. The van der Waals surface area contributed by atoms with Crippen molar-refractivity contribution in [1.29, 1.82) is 0 Å². The second-order valence-corrected chi connectivity index (χ2v) is 17.9. The highest BCUT2D eigenvalue weighted by molar-refractivity contribution is 5.92. The molecule has 6 aromatic carbocycles. The Hall–Kier alpha value is -4.88. The first kappa shape index (κ1) is 33.3. The zero-order chi connectivity index (χ0) is 36.1. The Morgan fingerprint density at radius 2 is 0.843 bits per heavy atom. The van der Waals surface area contributed by atoms with Crippen molar-refractivity contribution in [1.82, 2.24) is 0 Å². The van der Waals surface area contributed by atoms with Gasteiger partial charge in [0.05, 0.1) is 5.69 Å². The van der Waals surface area contributed by atoms with Crippen LogP contribution in [0.5, 0.6) is 0 Å². The van der Waals surface area contributed by atoms with Gasteiger partial charge >= 0.3 is 0 Å². The fourth-order valence-corrected chi connectivity index (χ4v) is 8.64. The molecule has 0 fully saturated rings. The Morgan fingerprint density at radius 3 is 1.43 bits per heavy atom. The van der Waals surface area contributed by atoms with Crippen LogP contribution in [0.25, 0.3) is 33.4 Å². The minimum absolute atomic E-state index is 0.0194. The van der Waals surface area contributed by atoms with E-state index in [4.69, 9.17) is 0 Å². The number of fused-ring (bicyclic) bond motifs is 6. The fraction of sp³-hybridized carbons (Fsp3) is 0.280. The van der Waals surface area contributed by atoms with Crippen molar-refractivity contribution in [2.45, 2.75) is 90.9 Å². The molecule has 0 N–H and O–H groups in total. The molecule has 0 saturated heterocycles. The van der Waals surface area contributed by atoms with Gasteiger partial charge in [0.1, 0.15) is 0 Å². The summed E-state index contributed by atoms with van der Waals surface area (Å²) in [4.78, 5) is 2.52. The van der Waals surface area contributed by atoms with E-state index in [-0.39, 0.29) is 21.7 Å². The van der Waals surface area contributed by atoms with E-state index in [1.165, 1.54) is 83.8 Å². The number of hydrogen-bond acceptors (Lipinski definition) is 1. The summed E-state index contributed by atoms with van der Waals surface area (Å²) in [5, 5.41) is 0. The van der Waals surface area contributed by atoms with E-state index < -0.39 is 0 Å². The second-order valence-electron chi connectivity index (χ2n) is 17.9. The fourth-order valence-electron chi connectivity index (χ4n) is 8.64. The highest BCUT2D eigenvalue weighted by Crippen LogP contribution is 2.54. The highest BCUT2D eigenvalue weighted by Gasteiger charge is 2.38. The topological polar surface area (TPSA) is 3.24 Å². The third kappa shape index (κ3) is 5.27. The van der Waals surface area contributed by atoms with Crippen LogP contribution in [0.1, 0.15) is 103 Å². The summed E-state index contributed by atoms with van der Waals surface area (Å²) >= 11 is 0. The van der Waals surface area contributed by atoms with E-state index in [1.807, 2.05) is 0 Å². The molecule has 0 radical (unpaired) electrons. The average Bonchev–Trinajstić information content (AvgIpc) is 3.47. The van der Waals surface area contributed by atoms with E-state index in [0.717, 1.165) is 0 Å². The number of benzene rings is 6. The molecule has 0 spiro atoms. The minimum Gasteiger partial charge on any atom is -0.310 e. The minimum atomic E-state index is -0.131. The van der Waals surface area contributed by atoms with Crippen molar-refractivity contribution < 1.29 is 0 Å². The van der Waals surface area contributed by atoms with Gasteiger partial charge in [-0.2, -0.15) is 0 Å². The maximum atomic E-state index is 2.52. The van der Waals surface area contributed by atoms with E-state index >= 15 is 0 Å². The third-order valence-electron chi connectivity index (χ3n) is 11.8. The molecule has 8 rings (SSSR count). The van der Waals surface area contributed by atoms with Crippen LogP contribution in [0.3, 0.4) is 0 Å². The summed E-state index contributed by atoms with van der Waals surface area (Å²) < 4.78 is 0. The molecule has 0 bridgehead atoms. The molecule has 51 heavy (non-hydrogen) atoms. The monoisotopic (exact) mass is 665 g/mol. The maximum Gasteiger partial charge on any atom is 0.0540 e. The van der Waals surface area contributed by atoms with Crippen molar-refractivity contribution in [2.24, 2.45) is 0 Å². The smallest absolute Gasteiger partial charge is 0.0540 e. The maximum absolute atomic E-state index is 2.52. The molecule has 0 atom stereocenters. The molecule has 0 aromatic heterocycles. The van der Waals surface area contributed by atoms with E-state index in [0.29, 0.717) is 0 Å².